The predicted molar refractivity (Wildman–Crippen MR) is 130 cm³/mol. The Morgan fingerprint density at radius 3 is 2.27 bits per heavy atom. The average Bonchev–Trinajstić information content (AvgIpc) is 3.03. The van der Waals surface area contributed by atoms with Gasteiger partial charge in [0, 0.05) is 12.1 Å². The van der Waals surface area contributed by atoms with Gasteiger partial charge in [-0.25, -0.2) is 0 Å². The van der Waals surface area contributed by atoms with E-state index < -0.39 is 17.7 Å². The summed E-state index contributed by atoms with van der Waals surface area (Å²) in [6, 6.07) is 14.1. The van der Waals surface area contributed by atoms with Gasteiger partial charge in [0.15, 0.2) is 0 Å². The molecule has 0 spiro atoms. The maximum absolute atomic E-state index is 13.1. The van der Waals surface area contributed by atoms with Crippen LogP contribution in [-0.2, 0) is 9.59 Å². The van der Waals surface area contributed by atoms with Crippen LogP contribution >= 0.6 is 0 Å². The minimum absolute atomic E-state index is 0.129. The van der Waals surface area contributed by atoms with Gasteiger partial charge in [-0.15, -0.1) is 0 Å². The van der Waals surface area contributed by atoms with Crippen LogP contribution in [0, 0.1) is 12.8 Å². The highest BCUT2D eigenvalue weighted by Crippen LogP contribution is 2.39. The zero-order chi connectivity index (χ0) is 24.1. The number of carbonyl (C=O) groups excluding carboxylic acids is 2. The smallest absolute Gasteiger partial charge is 0.295 e. The molecule has 6 heteroatoms. The molecule has 1 fully saturated rings. The summed E-state index contributed by atoms with van der Waals surface area (Å²) in [4.78, 5) is 29.7. The molecule has 1 saturated heterocycles. The van der Waals surface area contributed by atoms with Gasteiger partial charge in [0.25, 0.3) is 11.7 Å². The van der Waals surface area contributed by atoms with Gasteiger partial charge >= 0.3 is 0 Å². The Hall–Kier alpha value is -3.12. The van der Waals surface area contributed by atoms with E-state index in [1.54, 1.807) is 29.2 Å². The molecule has 1 aliphatic heterocycles. The lowest BCUT2D eigenvalue weighted by molar-refractivity contribution is -0.139. The van der Waals surface area contributed by atoms with Crippen molar-refractivity contribution in [2.24, 2.45) is 5.92 Å². The first-order valence-corrected chi connectivity index (χ1v) is 11.4. The number of nitrogens with zero attached hydrogens (tertiary/aromatic N) is 2. The van der Waals surface area contributed by atoms with E-state index >= 15 is 0 Å². The number of hydrogen-bond donors (Lipinski definition) is 1. The van der Waals surface area contributed by atoms with Gasteiger partial charge in [-0.2, -0.15) is 0 Å². The Kier molecular flexibility index (Phi) is 7.92. The zero-order valence-electron chi connectivity index (χ0n) is 20.2. The van der Waals surface area contributed by atoms with Crippen molar-refractivity contribution in [1.82, 2.24) is 9.80 Å². The maximum Gasteiger partial charge on any atom is 0.295 e. The first kappa shape index (κ1) is 24.5. The fourth-order valence-electron chi connectivity index (χ4n) is 3.89. The van der Waals surface area contributed by atoms with Crippen LogP contribution in [0.4, 0.5) is 0 Å². The van der Waals surface area contributed by atoms with E-state index in [1.165, 1.54) is 0 Å². The van der Waals surface area contributed by atoms with Gasteiger partial charge in [-0.1, -0.05) is 43.7 Å². The molecule has 0 aromatic heterocycles. The predicted octanol–water partition coefficient (Wildman–Crippen LogP) is 4.40. The van der Waals surface area contributed by atoms with Crippen LogP contribution in [0.1, 0.15) is 43.0 Å². The van der Waals surface area contributed by atoms with E-state index in [-0.39, 0.29) is 11.3 Å². The Morgan fingerprint density at radius 1 is 1.06 bits per heavy atom. The molecule has 3 rings (SSSR count). The van der Waals surface area contributed by atoms with Crippen molar-refractivity contribution in [3.8, 4) is 5.75 Å². The molecular formula is C27H34N2O4. The van der Waals surface area contributed by atoms with Crippen molar-refractivity contribution >= 4 is 17.4 Å². The number of aliphatic hydroxyl groups excluding tert-OH is 1. The van der Waals surface area contributed by atoms with Crippen LogP contribution in [0.3, 0.4) is 0 Å². The second-order valence-electron chi connectivity index (χ2n) is 9.29. The number of Topliss-reactive ketones (excluding diaryl/α,β-unsaturated/α-hetero) is 1. The summed E-state index contributed by atoms with van der Waals surface area (Å²) in [5, 5.41) is 11.2. The molecule has 33 heavy (non-hydrogen) atoms. The summed E-state index contributed by atoms with van der Waals surface area (Å²) >= 11 is 0. The highest BCUT2D eigenvalue weighted by Gasteiger charge is 2.45. The number of benzene rings is 2. The van der Waals surface area contributed by atoms with Crippen LogP contribution in [-0.4, -0.2) is 60.4 Å². The van der Waals surface area contributed by atoms with E-state index in [0.29, 0.717) is 30.4 Å². The lowest BCUT2D eigenvalue weighted by Gasteiger charge is -2.26. The van der Waals surface area contributed by atoms with Crippen molar-refractivity contribution in [3.05, 3.63) is 70.8 Å². The van der Waals surface area contributed by atoms with Crippen LogP contribution in [0.2, 0.25) is 0 Å². The van der Waals surface area contributed by atoms with Gasteiger partial charge < -0.3 is 19.6 Å². The standard InChI is InChI=1S/C27H34N2O4/c1-18(2)17-33-22-13-11-21(12-14-22)25(30)23-24(20-9-7-19(3)8-10-20)29(27(32)26(23)31)16-6-15-28(4)5/h7-14,18,24,30H,6,15-17H2,1-5H3/b25-23-. The molecule has 6 nitrogen and oxygen atoms in total. The minimum Gasteiger partial charge on any atom is -0.507 e. The molecular weight excluding hydrogens is 416 g/mol. The summed E-state index contributed by atoms with van der Waals surface area (Å²) in [5.74, 6) is -0.291. The molecule has 2 aromatic carbocycles. The van der Waals surface area contributed by atoms with Gasteiger partial charge in [-0.05, 0) is 69.7 Å². The van der Waals surface area contributed by atoms with Crippen LogP contribution in [0.15, 0.2) is 54.1 Å². The van der Waals surface area contributed by atoms with Gasteiger partial charge in [0.2, 0.25) is 0 Å². The SMILES string of the molecule is Cc1ccc(C2/C(=C(/O)c3ccc(OCC(C)C)cc3)C(=O)C(=O)N2CCCN(C)C)cc1. The fourth-order valence-corrected chi connectivity index (χ4v) is 3.89. The molecule has 1 aliphatic rings. The number of ketones is 1. The molecule has 1 unspecified atom stereocenters. The molecule has 1 heterocycles. The number of rotatable bonds is 9. The van der Waals surface area contributed by atoms with Crippen molar-refractivity contribution in [1.29, 1.82) is 0 Å². The molecule has 1 amide bonds. The molecule has 0 bridgehead atoms. The largest absolute Gasteiger partial charge is 0.507 e. The van der Waals surface area contributed by atoms with E-state index in [4.69, 9.17) is 4.74 Å². The van der Waals surface area contributed by atoms with Crippen molar-refractivity contribution in [3.63, 3.8) is 0 Å². The van der Waals surface area contributed by atoms with Gasteiger partial charge in [-0.3, -0.25) is 9.59 Å². The number of amides is 1. The number of carbonyl (C=O) groups is 2. The average molecular weight is 451 g/mol. The third kappa shape index (κ3) is 5.82. The highest BCUT2D eigenvalue weighted by molar-refractivity contribution is 6.46. The number of likely N-dealkylation sites (tertiary alicyclic amines) is 1. The molecule has 2 aromatic rings. The minimum atomic E-state index is -0.650. The van der Waals surface area contributed by atoms with E-state index in [9.17, 15) is 14.7 Å². The van der Waals surface area contributed by atoms with Crippen molar-refractivity contribution < 1.29 is 19.4 Å². The normalized spacial score (nSPS) is 17.9. The number of aliphatic hydroxyl groups is 1. The first-order chi connectivity index (χ1) is 15.7. The Bertz CT molecular complexity index is 1010. The molecule has 1 atom stereocenters. The summed E-state index contributed by atoms with van der Waals surface area (Å²) in [6.07, 6.45) is 0.726. The Balaban J connectivity index is 1.99. The van der Waals surface area contributed by atoms with Crippen LogP contribution in [0.5, 0.6) is 5.75 Å². The van der Waals surface area contributed by atoms with E-state index in [0.717, 1.165) is 24.1 Å². The van der Waals surface area contributed by atoms with Crippen molar-refractivity contribution in [2.45, 2.75) is 33.2 Å². The van der Waals surface area contributed by atoms with Gasteiger partial charge in [0.05, 0.1) is 18.2 Å². The molecule has 0 saturated carbocycles. The fraction of sp³-hybridized carbons (Fsp3) is 0.407. The van der Waals surface area contributed by atoms with E-state index in [2.05, 4.69) is 13.8 Å². The molecule has 176 valence electrons. The van der Waals surface area contributed by atoms with Crippen LogP contribution in [0.25, 0.3) is 5.76 Å². The van der Waals surface area contributed by atoms with Crippen molar-refractivity contribution in [2.75, 3.05) is 33.8 Å². The topological polar surface area (TPSA) is 70.1 Å². The van der Waals surface area contributed by atoms with Gasteiger partial charge in [0.1, 0.15) is 11.5 Å². The van der Waals surface area contributed by atoms with Crippen LogP contribution < -0.4 is 4.74 Å². The Morgan fingerprint density at radius 2 is 1.70 bits per heavy atom. The second-order valence-corrected chi connectivity index (χ2v) is 9.29. The second kappa shape index (κ2) is 10.7. The summed E-state index contributed by atoms with van der Waals surface area (Å²) in [7, 11) is 3.94. The number of aryl methyl sites for hydroxylation is 1. The number of ether oxygens (including phenoxy) is 1. The third-order valence-electron chi connectivity index (χ3n) is 5.65. The molecule has 0 radical (unpaired) electrons. The quantitative estimate of drug-likeness (QED) is 0.348. The number of hydrogen-bond acceptors (Lipinski definition) is 5. The third-order valence-corrected chi connectivity index (χ3v) is 5.65. The maximum atomic E-state index is 13.1. The first-order valence-electron chi connectivity index (χ1n) is 11.4. The molecule has 0 aliphatic carbocycles. The monoisotopic (exact) mass is 450 g/mol. The molecule has 1 N–H and O–H groups in total. The lowest BCUT2D eigenvalue weighted by atomic mass is 9.94. The Labute approximate surface area is 196 Å². The summed E-state index contributed by atoms with van der Waals surface area (Å²) in [6.45, 7) is 7.95. The summed E-state index contributed by atoms with van der Waals surface area (Å²) in [5.41, 5.74) is 2.50. The highest BCUT2D eigenvalue weighted by atomic mass is 16.5. The summed E-state index contributed by atoms with van der Waals surface area (Å²) < 4.78 is 5.72. The zero-order valence-corrected chi connectivity index (χ0v) is 20.2. The lowest BCUT2D eigenvalue weighted by Crippen LogP contribution is -2.32. The van der Waals surface area contributed by atoms with E-state index in [1.807, 2.05) is 50.2 Å².